The Morgan fingerprint density at radius 3 is 2.50 bits per heavy atom. The van der Waals surface area contributed by atoms with Gasteiger partial charge in [0.05, 0.1) is 16.7 Å². The fourth-order valence-corrected chi connectivity index (χ4v) is 4.33. The monoisotopic (exact) mass is 426 g/mol. The van der Waals surface area contributed by atoms with Gasteiger partial charge in [-0.2, -0.15) is 0 Å². The molecule has 1 aliphatic rings. The van der Waals surface area contributed by atoms with Gasteiger partial charge in [0.2, 0.25) is 0 Å². The minimum Gasteiger partial charge on any atom is -0.355 e. The van der Waals surface area contributed by atoms with E-state index in [4.69, 9.17) is 4.98 Å². The van der Waals surface area contributed by atoms with E-state index in [9.17, 15) is 4.79 Å². The zero-order valence-electron chi connectivity index (χ0n) is 18.0. The molecule has 1 saturated heterocycles. The first-order valence-electron chi connectivity index (χ1n) is 10.9. The molecule has 0 saturated carbocycles. The zero-order chi connectivity index (χ0) is 21.9. The predicted octanol–water partition coefficient (Wildman–Crippen LogP) is 4.48. The highest BCUT2D eigenvalue weighted by atomic mass is 16.2. The van der Waals surface area contributed by atoms with Crippen LogP contribution in [-0.2, 0) is 7.05 Å². The molecule has 7 heteroatoms. The molecule has 0 spiro atoms. The normalized spacial score (nSPS) is 14.5. The Bertz CT molecular complexity index is 1230. The Morgan fingerprint density at radius 2 is 1.72 bits per heavy atom. The van der Waals surface area contributed by atoms with Crippen LogP contribution in [0.1, 0.15) is 30.3 Å². The number of rotatable bonds is 5. The Balaban J connectivity index is 1.45. The predicted molar refractivity (Wildman–Crippen MR) is 127 cm³/mol. The van der Waals surface area contributed by atoms with Crippen molar-refractivity contribution in [2.45, 2.75) is 18.9 Å². The van der Waals surface area contributed by atoms with Gasteiger partial charge in [-0.25, -0.2) is 14.8 Å². The first kappa shape index (κ1) is 20.1. The molecule has 2 N–H and O–H groups in total. The maximum Gasteiger partial charge on any atom is 0.320 e. The van der Waals surface area contributed by atoms with Crippen LogP contribution in [0.2, 0.25) is 0 Å². The number of nitrogens with one attached hydrogen (secondary N) is 2. The summed E-state index contributed by atoms with van der Waals surface area (Å²) in [6, 6.07) is 20.9. The molecular weight excluding hydrogens is 400 g/mol. The average Bonchev–Trinajstić information content (AvgIpc) is 3.47. The van der Waals surface area contributed by atoms with Crippen LogP contribution >= 0.6 is 0 Å². The van der Waals surface area contributed by atoms with E-state index in [-0.39, 0.29) is 6.03 Å². The highest BCUT2D eigenvalue weighted by molar-refractivity contribution is 5.93. The standard InChI is InChI=1S/C25H26N6O/c1-30-21-14-6-5-12-19(21)27-24(30)22(18-10-3-2-4-11-18)29-25(32)28-20-13-9-15-26-23(20)31-16-7-8-17-31/h2-6,9-15,22H,7-8,16-17H2,1H3,(H2,28,29,32). The number of urea groups is 1. The number of amides is 2. The Morgan fingerprint density at radius 1 is 0.969 bits per heavy atom. The highest BCUT2D eigenvalue weighted by Crippen LogP contribution is 2.28. The van der Waals surface area contributed by atoms with Gasteiger partial charge in [0.1, 0.15) is 11.9 Å². The largest absolute Gasteiger partial charge is 0.355 e. The Hall–Kier alpha value is -3.87. The number of para-hydroxylation sites is 2. The van der Waals surface area contributed by atoms with E-state index in [0.29, 0.717) is 5.69 Å². The summed E-state index contributed by atoms with van der Waals surface area (Å²) in [5, 5.41) is 6.16. The highest BCUT2D eigenvalue weighted by Gasteiger charge is 2.24. The van der Waals surface area contributed by atoms with Crippen molar-refractivity contribution in [2.75, 3.05) is 23.3 Å². The lowest BCUT2D eigenvalue weighted by Crippen LogP contribution is -2.35. The lowest BCUT2D eigenvalue weighted by molar-refractivity contribution is 0.249. The number of hydrogen-bond acceptors (Lipinski definition) is 4. The molecule has 7 nitrogen and oxygen atoms in total. The SMILES string of the molecule is Cn1c(C(NC(=O)Nc2cccnc2N2CCCC2)c2ccccc2)nc2ccccc21. The molecule has 1 fully saturated rings. The molecule has 2 aromatic heterocycles. The number of benzene rings is 2. The zero-order valence-corrected chi connectivity index (χ0v) is 18.0. The van der Waals surface area contributed by atoms with E-state index in [0.717, 1.165) is 54.2 Å². The van der Waals surface area contributed by atoms with Crippen molar-refractivity contribution in [3.05, 3.63) is 84.3 Å². The second-order valence-electron chi connectivity index (χ2n) is 8.03. The van der Waals surface area contributed by atoms with Crippen molar-refractivity contribution >= 4 is 28.6 Å². The summed E-state index contributed by atoms with van der Waals surface area (Å²) in [5.41, 5.74) is 3.60. The van der Waals surface area contributed by atoms with E-state index >= 15 is 0 Å². The quantitative estimate of drug-likeness (QED) is 0.493. The van der Waals surface area contributed by atoms with Crippen LogP contribution in [0, 0.1) is 0 Å². The summed E-state index contributed by atoms with van der Waals surface area (Å²) in [6.07, 6.45) is 4.05. The van der Waals surface area contributed by atoms with Crippen molar-refractivity contribution in [1.29, 1.82) is 0 Å². The molecule has 1 atom stereocenters. The van der Waals surface area contributed by atoms with Gasteiger partial charge < -0.3 is 20.1 Å². The van der Waals surface area contributed by atoms with Gasteiger partial charge in [-0.05, 0) is 42.7 Å². The van der Waals surface area contributed by atoms with Crippen LogP contribution < -0.4 is 15.5 Å². The summed E-state index contributed by atoms with van der Waals surface area (Å²) >= 11 is 0. The molecule has 0 radical (unpaired) electrons. The van der Waals surface area contributed by atoms with E-state index in [2.05, 4.69) is 20.5 Å². The van der Waals surface area contributed by atoms with E-state index < -0.39 is 6.04 Å². The molecule has 0 bridgehead atoms. The molecule has 1 unspecified atom stereocenters. The molecule has 3 heterocycles. The van der Waals surface area contributed by atoms with Crippen LogP contribution in [0.15, 0.2) is 72.9 Å². The van der Waals surface area contributed by atoms with Gasteiger partial charge in [0, 0.05) is 26.3 Å². The number of hydrogen-bond donors (Lipinski definition) is 2. The molecule has 5 rings (SSSR count). The number of carbonyl (C=O) groups is 1. The number of pyridine rings is 1. The van der Waals surface area contributed by atoms with Crippen molar-refractivity contribution < 1.29 is 4.79 Å². The number of aromatic nitrogens is 3. The fourth-order valence-electron chi connectivity index (χ4n) is 4.33. The average molecular weight is 427 g/mol. The molecule has 1 aliphatic heterocycles. The summed E-state index contributed by atoms with van der Waals surface area (Å²) in [6.45, 7) is 1.92. The van der Waals surface area contributed by atoms with Gasteiger partial charge in [-0.15, -0.1) is 0 Å². The van der Waals surface area contributed by atoms with Crippen LogP contribution in [0.25, 0.3) is 11.0 Å². The molecule has 32 heavy (non-hydrogen) atoms. The van der Waals surface area contributed by atoms with E-state index in [1.165, 1.54) is 0 Å². The third-order valence-electron chi connectivity index (χ3n) is 5.93. The minimum atomic E-state index is -0.402. The molecular formula is C25H26N6O. The van der Waals surface area contributed by atoms with Crippen molar-refractivity contribution in [3.8, 4) is 0 Å². The van der Waals surface area contributed by atoms with Crippen LogP contribution in [0.3, 0.4) is 0 Å². The molecule has 0 aliphatic carbocycles. The first-order valence-corrected chi connectivity index (χ1v) is 10.9. The summed E-state index contributed by atoms with van der Waals surface area (Å²) in [4.78, 5) is 24.7. The van der Waals surface area contributed by atoms with E-state index in [1.807, 2.05) is 78.3 Å². The van der Waals surface area contributed by atoms with Crippen LogP contribution in [0.5, 0.6) is 0 Å². The smallest absolute Gasteiger partial charge is 0.320 e. The van der Waals surface area contributed by atoms with E-state index in [1.54, 1.807) is 6.20 Å². The summed E-state index contributed by atoms with van der Waals surface area (Å²) < 4.78 is 2.03. The molecule has 4 aromatic rings. The second-order valence-corrected chi connectivity index (χ2v) is 8.03. The van der Waals surface area contributed by atoms with Crippen molar-refractivity contribution in [1.82, 2.24) is 19.9 Å². The number of carbonyl (C=O) groups excluding carboxylic acids is 1. The second kappa shape index (κ2) is 8.70. The molecule has 2 amide bonds. The minimum absolute atomic E-state index is 0.292. The Kier molecular flexibility index (Phi) is 5.46. The van der Waals surface area contributed by atoms with Gasteiger partial charge in [-0.1, -0.05) is 42.5 Å². The lowest BCUT2D eigenvalue weighted by Gasteiger charge is -2.22. The topological polar surface area (TPSA) is 75.1 Å². The van der Waals surface area contributed by atoms with Gasteiger partial charge in [0.15, 0.2) is 5.82 Å². The maximum atomic E-state index is 13.2. The summed E-state index contributed by atoms with van der Waals surface area (Å²) in [5.74, 6) is 1.60. The summed E-state index contributed by atoms with van der Waals surface area (Å²) in [7, 11) is 1.98. The Labute approximate surface area is 187 Å². The lowest BCUT2D eigenvalue weighted by atomic mass is 10.1. The van der Waals surface area contributed by atoms with Crippen LogP contribution in [0.4, 0.5) is 16.3 Å². The number of imidazole rings is 1. The van der Waals surface area contributed by atoms with Crippen molar-refractivity contribution in [2.24, 2.45) is 7.05 Å². The van der Waals surface area contributed by atoms with Crippen molar-refractivity contribution in [3.63, 3.8) is 0 Å². The van der Waals surface area contributed by atoms with Gasteiger partial charge >= 0.3 is 6.03 Å². The van der Waals surface area contributed by atoms with Gasteiger partial charge in [0.25, 0.3) is 0 Å². The first-order chi connectivity index (χ1) is 15.7. The molecule has 2 aromatic carbocycles. The third-order valence-corrected chi connectivity index (χ3v) is 5.93. The number of anilines is 2. The third kappa shape index (κ3) is 3.89. The molecule has 162 valence electrons. The number of fused-ring (bicyclic) bond motifs is 1. The van der Waals surface area contributed by atoms with Gasteiger partial charge in [-0.3, -0.25) is 0 Å². The van der Waals surface area contributed by atoms with Crippen LogP contribution in [-0.4, -0.2) is 33.7 Å². The fraction of sp³-hybridized carbons (Fsp3) is 0.240. The number of aryl methyl sites for hydroxylation is 1. The maximum absolute atomic E-state index is 13.2. The number of nitrogens with zero attached hydrogens (tertiary/aromatic N) is 4.